The van der Waals surface area contributed by atoms with Crippen LogP contribution in [0.25, 0.3) is 10.4 Å². The molecule has 0 aromatic heterocycles. The van der Waals surface area contributed by atoms with Crippen LogP contribution >= 0.6 is 0 Å². The molecule has 19 heavy (non-hydrogen) atoms. The Balaban J connectivity index is 2.10. The first kappa shape index (κ1) is 11.4. The third kappa shape index (κ3) is 1.94. The second-order valence-electron chi connectivity index (χ2n) is 4.18. The number of fused-ring (bicyclic) bond motifs is 1. The predicted octanol–water partition coefficient (Wildman–Crippen LogP) is 4.03. The van der Waals surface area contributed by atoms with Gasteiger partial charge in [-0.25, -0.2) is 4.85 Å². The van der Waals surface area contributed by atoms with Crippen molar-refractivity contribution >= 4 is 11.3 Å². The molecule has 0 radical (unpaired) electrons. The fourth-order valence-electron chi connectivity index (χ4n) is 2.06. The third-order valence-electron chi connectivity index (χ3n) is 3.06. The maximum Gasteiger partial charge on any atom is 0.231 e. The molecule has 92 valence electrons. The van der Waals surface area contributed by atoms with Crippen molar-refractivity contribution in [2.24, 2.45) is 0 Å². The topological polar surface area (TPSA) is 22.8 Å². The van der Waals surface area contributed by atoms with Gasteiger partial charge in [0.2, 0.25) is 6.79 Å². The molecule has 0 fully saturated rings. The standard InChI is InChI=1S/C16H11NO2/c1-11(12-6-4-3-5-7-12)13-8-15-16(19-10-18-15)9-14(13)17-2/h3-9H,1,10H2. The molecule has 0 saturated heterocycles. The Morgan fingerprint density at radius 1 is 1.11 bits per heavy atom. The van der Waals surface area contributed by atoms with E-state index in [1.807, 2.05) is 36.4 Å². The average Bonchev–Trinajstić information content (AvgIpc) is 2.93. The van der Waals surface area contributed by atoms with E-state index in [2.05, 4.69) is 11.4 Å². The van der Waals surface area contributed by atoms with E-state index in [1.54, 1.807) is 6.07 Å². The third-order valence-corrected chi connectivity index (χ3v) is 3.06. The highest BCUT2D eigenvalue weighted by molar-refractivity contribution is 5.87. The normalized spacial score (nSPS) is 11.9. The summed E-state index contributed by atoms with van der Waals surface area (Å²) < 4.78 is 10.6. The Kier molecular flexibility index (Phi) is 2.70. The zero-order chi connectivity index (χ0) is 13.2. The monoisotopic (exact) mass is 249 g/mol. The van der Waals surface area contributed by atoms with Crippen molar-refractivity contribution in [1.29, 1.82) is 0 Å². The number of rotatable bonds is 2. The largest absolute Gasteiger partial charge is 0.455 e. The quantitative estimate of drug-likeness (QED) is 0.750. The molecule has 0 unspecified atom stereocenters. The summed E-state index contributed by atoms with van der Waals surface area (Å²) in [5.41, 5.74) is 3.11. The van der Waals surface area contributed by atoms with Crippen LogP contribution in [0.15, 0.2) is 49.0 Å². The van der Waals surface area contributed by atoms with Gasteiger partial charge in [0.1, 0.15) is 0 Å². The van der Waals surface area contributed by atoms with Crippen LogP contribution in [-0.2, 0) is 0 Å². The number of nitrogens with zero attached hydrogens (tertiary/aromatic N) is 1. The van der Waals surface area contributed by atoms with E-state index in [9.17, 15) is 0 Å². The van der Waals surface area contributed by atoms with Gasteiger partial charge >= 0.3 is 0 Å². The summed E-state index contributed by atoms with van der Waals surface area (Å²) >= 11 is 0. The summed E-state index contributed by atoms with van der Waals surface area (Å²) in [6.07, 6.45) is 0. The van der Waals surface area contributed by atoms with Gasteiger partial charge in [-0.15, -0.1) is 0 Å². The highest BCUT2D eigenvalue weighted by atomic mass is 16.7. The van der Waals surface area contributed by atoms with E-state index in [0.717, 1.165) is 16.7 Å². The smallest absolute Gasteiger partial charge is 0.231 e. The number of hydrogen-bond donors (Lipinski definition) is 0. The number of hydrogen-bond acceptors (Lipinski definition) is 2. The molecule has 0 atom stereocenters. The highest BCUT2D eigenvalue weighted by Crippen LogP contribution is 2.41. The van der Waals surface area contributed by atoms with Crippen LogP contribution in [0.2, 0.25) is 0 Å². The lowest BCUT2D eigenvalue weighted by Gasteiger charge is -2.09. The number of ether oxygens (including phenoxy) is 2. The summed E-state index contributed by atoms with van der Waals surface area (Å²) in [4.78, 5) is 3.55. The van der Waals surface area contributed by atoms with Crippen LogP contribution in [0.5, 0.6) is 11.5 Å². The van der Waals surface area contributed by atoms with Crippen molar-refractivity contribution in [3.8, 4) is 11.5 Å². The molecule has 3 heteroatoms. The minimum atomic E-state index is 0.202. The van der Waals surface area contributed by atoms with Gasteiger partial charge in [0.15, 0.2) is 17.2 Å². The van der Waals surface area contributed by atoms with E-state index < -0.39 is 0 Å². The second kappa shape index (κ2) is 4.51. The summed E-state index contributed by atoms with van der Waals surface area (Å²) in [6, 6.07) is 13.3. The van der Waals surface area contributed by atoms with Crippen LogP contribution in [0.4, 0.5) is 5.69 Å². The Morgan fingerprint density at radius 2 is 1.79 bits per heavy atom. The Labute approximate surface area is 111 Å². The molecule has 3 nitrogen and oxygen atoms in total. The van der Waals surface area contributed by atoms with Crippen molar-refractivity contribution in [3.05, 3.63) is 71.6 Å². The average molecular weight is 249 g/mol. The summed E-state index contributed by atoms with van der Waals surface area (Å²) in [5.74, 6) is 1.29. The SMILES string of the molecule is [C-]#[N+]c1cc2c(cc1C(=C)c1ccccc1)OCO2. The fraction of sp³-hybridized carbons (Fsp3) is 0.0625. The zero-order valence-electron chi connectivity index (χ0n) is 10.2. The summed E-state index contributed by atoms with van der Waals surface area (Å²) in [5, 5.41) is 0. The van der Waals surface area contributed by atoms with Crippen molar-refractivity contribution < 1.29 is 9.47 Å². The molecular weight excluding hydrogens is 238 g/mol. The van der Waals surface area contributed by atoms with Crippen molar-refractivity contribution in [3.63, 3.8) is 0 Å². The lowest BCUT2D eigenvalue weighted by atomic mass is 9.97. The minimum absolute atomic E-state index is 0.202. The lowest BCUT2D eigenvalue weighted by Crippen LogP contribution is -1.92. The molecule has 2 aromatic rings. The molecule has 0 spiro atoms. The van der Waals surface area contributed by atoms with Crippen molar-refractivity contribution in [1.82, 2.24) is 0 Å². The van der Waals surface area contributed by atoms with Gasteiger partial charge in [-0.3, -0.25) is 0 Å². The second-order valence-corrected chi connectivity index (χ2v) is 4.18. The van der Waals surface area contributed by atoms with Crippen LogP contribution < -0.4 is 9.47 Å². The van der Waals surface area contributed by atoms with Gasteiger partial charge in [-0.05, 0) is 28.8 Å². The molecule has 1 heterocycles. The minimum Gasteiger partial charge on any atom is -0.455 e. The van der Waals surface area contributed by atoms with Crippen LogP contribution in [0.3, 0.4) is 0 Å². The first-order valence-corrected chi connectivity index (χ1v) is 5.85. The van der Waals surface area contributed by atoms with E-state index in [4.69, 9.17) is 16.0 Å². The molecule has 0 bridgehead atoms. The molecular formula is C16H11NO2. The van der Waals surface area contributed by atoms with Gasteiger partial charge in [-0.2, -0.15) is 0 Å². The Hall–Kier alpha value is -2.73. The molecule has 0 N–H and O–H groups in total. The molecule has 0 saturated carbocycles. The summed E-state index contributed by atoms with van der Waals surface area (Å²) in [6.45, 7) is 11.6. The number of benzene rings is 2. The van der Waals surface area contributed by atoms with Gasteiger partial charge in [0, 0.05) is 0 Å². The maximum absolute atomic E-state index is 7.29. The van der Waals surface area contributed by atoms with Crippen molar-refractivity contribution in [2.45, 2.75) is 0 Å². The van der Waals surface area contributed by atoms with E-state index in [0.29, 0.717) is 17.2 Å². The Morgan fingerprint density at radius 3 is 2.47 bits per heavy atom. The van der Waals surface area contributed by atoms with Gasteiger partial charge in [0.05, 0.1) is 6.57 Å². The van der Waals surface area contributed by atoms with E-state index in [1.165, 1.54) is 0 Å². The highest BCUT2D eigenvalue weighted by Gasteiger charge is 2.18. The molecule has 3 rings (SSSR count). The lowest BCUT2D eigenvalue weighted by molar-refractivity contribution is 0.174. The maximum atomic E-state index is 7.29. The Bertz CT molecular complexity index is 684. The first-order valence-electron chi connectivity index (χ1n) is 5.85. The van der Waals surface area contributed by atoms with E-state index >= 15 is 0 Å². The predicted molar refractivity (Wildman–Crippen MR) is 73.4 cm³/mol. The molecule has 0 amide bonds. The molecule has 1 aliphatic rings. The van der Waals surface area contributed by atoms with Crippen molar-refractivity contribution in [2.75, 3.05) is 6.79 Å². The van der Waals surface area contributed by atoms with Crippen LogP contribution in [0.1, 0.15) is 11.1 Å². The summed E-state index contributed by atoms with van der Waals surface area (Å²) in [7, 11) is 0. The van der Waals surface area contributed by atoms with Gasteiger partial charge in [-0.1, -0.05) is 36.9 Å². The molecule has 2 aromatic carbocycles. The van der Waals surface area contributed by atoms with Gasteiger partial charge in [0.25, 0.3) is 0 Å². The molecule has 0 aliphatic carbocycles. The van der Waals surface area contributed by atoms with Crippen LogP contribution in [-0.4, -0.2) is 6.79 Å². The van der Waals surface area contributed by atoms with Crippen LogP contribution in [0, 0.1) is 6.57 Å². The first-order chi connectivity index (χ1) is 9.29. The zero-order valence-corrected chi connectivity index (χ0v) is 10.2. The van der Waals surface area contributed by atoms with E-state index in [-0.39, 0.29) is 6.79 Å². The molecule has 1 aliphatic heterocycles. The fourth-order valence-corrected chi connectivity index (χ4v) is 2.06. The van der Waals surface area contributed by atoms with Gasteiger partial charge < -0.3 is 9.47 Å².